The zero-order valence-corrected chi connectivity index (χ0v) is 11.0. The minimum atomic E-state index is 0.563. The van der Waals surface area contributed by atoms with E-state index in [1.165, 1.54) is 0 Å². The van der Waals surface area contributed by atoms with Gasteiger partial charge in [0.25, 0.3) is 0 Å². The molecule has 2 rings (SSSR count). The monoisotopic (exact) mass is 245 g/mol. The van der Waals surface area contributed by atoms with E-state index >= 15 is 0 Å². The SMILES string of the molecule is CCN(CC)C1CCN(c2nnccc2C#N)C1. The fourth-order valence-electron chi connectivity index (χ4n) is 2.62. The van der Waals surface area contributed by atoms with E-state index in [4.69, 9.17) is 5.26 Å². The van der Waals surface area contributed by atoms with Crippen molar-refractivity contribution in [2.75, 3.05) is 31.1 Å². The molecule has 1 saturated heterocycles. The Labute approximate surface area is 108 Å². The maximum Gasteiger partial charge on any atom is 0.169 e. The number of rotatable bonds is 4. The molecule has 1 aromatic rings. The summed E-state index contributed by atoms with van der Waals surface area (Å²) in [4.78, 5) is 4.64. The molecule has 2 heterocycles. The molecule has 1 atom stereocenters. The predicted molar refractivity (Wildman–Crippen MR) is 70.3 cm³/mol. The highest BCUT2D eigenvalue weighted by atomic mass is 15.3. The van der Waals surface area contributed by atoms with Crippen molar-refractivity contribution >= 4 is 5.82 Å². The Morgan fingerprint density at radius 1 is 1.50 bits per heavy atom. The van der Waals surface area contributed by atoms with Crippen LogP contribution < -0.4 is 4.90 Å². The lowest BCUT2D eigenvalue weighted by molar-refractivity contribution is 0.232. The topological polar surface area (TPSA) is 56.1 Å². The first-order valence-corrected chi connectivity index (χ1v) is 6.50. The third-order valence-corrected chi connectivity index (χ3v) is 3.61. The van der Waals surface area contributed by atoms with Gasteiger partial charge in [0.1, 0.15) is 6.07 Å². The van der Waals surface area contributed by atoms with Gasteiger partial charge < -0.3 is 4.90 Å². The van der Waals surface area contributed by atoms with Crippen LogP contribution >= 0.6 is 0 Å². The molecule has 1 aliphatic heterocycles. The van der Waals surface area contributed by atoms with Crippen molar-refractivity contribution in [3.63, 3.8) is 0 Å². The van der Waals surface area contributed by atoms with Gasteiger partial charge in [0.05, 0.1) is 11.8 Å². The van der Waals surface area contributed by atoms with Crippen LogP contribution in [0.2, 0.25) is 0 Å². The molecule has 0 aliphatic carbocycles. The van der Waals surface area contributed by atoms with E-state index in [1.54, 1.807) is 12.3 Å². The summed E-state index contributed by atoms with van der Waals surface area (Å²) in [6, 6.07) is 4.48. The molecule has 5 heteroatoms. The summed E-state index contributed by atoms with van der Waals surface area (Å²) in [6.07, 6.45) is 2.70. The van der Waals surface area contributed by atoms with Gasteiger partial charge >= 0.3 is 0 Å². The third kappa shape index (κ3) is 2.44. The van der Waals surface area contributed by atoms with Crippen LogP contribution in [0.25, 0.3) is 0 Å². The van der Waals surface area contributed by atoms with Crippen molar-refractivity contribution in [2.24, 2.45) is 0 Å². The maximum absolute atomic E-state index is 9.09. The Balaban J connectivity index is 2.11. The van der Waals surface area contributed by atoms with E-state index in [2.05, 4.69) is 39.9 Å². The molecule has 18 heavy (non-hydrogen) atoms. The van der Waals surface area contributed by atoms with E-state index in [0.29, 0.717) is 11.6 Å². The summed E-state index contributed by atoms with van der Waals surface area (Å²) in [6.45, 7) is 8.41. The quantitative estimate of drug-likeness (QED) is 0.799. The number of hydrogen-bond donors (Lipinski definition) is 0. The predicted octanol–water partition coefficient (Wildman–Crippen LogP) is 1.27. The van der Waals surface area contributed by atoms with Crippen LogP contribution in [0.5, 0.6) is 0 Å². The van der Waals surface area contributed by atoms with Gasteiger partial charge in [-0.25, -0.2) is 0 Å². The third-order valence-electron chi connectivity index (χ3n) is 3.61. The molecule has 0 spiro atoms. The highest BCUT2D eigenvalue weighted by Gasteiger charge is 2.28. The second-order valence-electron chi connectivity index (χ2n) is 4.49. The Kier molecular flexibility index (Phi) is 4.11. The van der Waals surface area contributed by atoms with Crippen molar-refractivity contribution in [3.8, 4) is 6.07 Å². The van der Waals surface area contributed by atoms with Crippen LogP contribution in [-0.2, 0) is 0 Å². The van der Waals surface area contributed by atoms with Crippen LogP contribution in [0.3, 0.4) is 0 Å². The second kappa shape index (κ2) is 5.78. The van der Waals surface area contributed by atoms with Crippen molar-refractivity contribution in [1.82, 2.24) is 15.1 Å². The van der Waals surface area contributed by atoms with Gasteiger partial charge in [0, 0.05) is 19.1 Å². The van der Waals surface area contributed by atoms with Gasteiger partial charge in [0.2, 0.25) is 0 Å². The number of hydrogen-bond acceptors (Lipinski definition) is 5. The Hall–Kier alpha value is -1.67. The van der Waals surface area contributed by atoms with E-state index in [1.807, 2.05) is 0 Å². The first-order chi connectivity index (χ1) is 8.80. The summed E-state index contributed by atoms with van der Waals surface area (Å²) >= 11 is 0. The summed E-state index contributed by atoms with van der Waals surface area (Å²) in [5.41, 5.74) is 0.616. The molecule has 0 aromatic carbocycles. The largest absolute Gasteiger partial charge is 0.352 e. The standard InChI is InChI=1S/C13H19N5/c1-3-17(4-2)12-6-8-18(10-12)13-11(9-14)5-7-15-16-13/h5,7,12H,3-4,6,8,10H2,1-2H3. The van der Waals surface area contributed by atoms with Crippen LogP contribution in [-0.4, -0.2) is 47.3 Å². The molecule has 0 N–H and O–H groups in total. The van der Waals surface area contributed by atoms with Crippen LogP contribution in [0, 0.1) is 11.3 Å². The van der Waals surface area contributed by atoms with Crippen molar-refractivity contribution < 1.29 is 0 Å². The molecule has 96 valence electrons. The zero-order chi connectivity index (χ0) is 13.0. The van der Waals surface area contributed by atoms with E-state index in [-0.39, 0.29) is 0 Å². The lowest BCUT2D eigenvalue weighted by Crippen LogP contribution is -2.37. The number of likely N-dealkylation sites (N-methyl/N-ethyl adjacent to an activating group) is 1. The number of nitrogens with zero attached hydrogens (tertiary/aromatic N) is 5. The number of aromatic nitrogens is 2. The van der Waals surface area contributed by atoms with Crippen molar-refractivity contribution in [3.05, 3.63) is 17.8 Å². The van der Waals surface area contributed by atoms with Gasteiger partial charge in [0.15, 0.2) is 5.82 Å². The minimum Gasteiger partial charge on any atom is -0.352 e. The molecule has 1 aromatic heterocycles. The zero-order valence-electron chi connectivity index (χ0n) is 11.0. The lowest BCUT2D eigenvalue weighted by Gasteiger charge is -2.26. The van der Waals surface area contributed by atoms with Crippen molar-refractivity contribution in [2.45, 2.75) is 26.3 Å². The van der Waals surface area contributed by atoms with E-state index in [9.17, 15) is 0 Å². The summed E-state index contributed by atoms with van der Waals surface area (Å²) in [7, 11) is 0. The van der Waals surface area contributed by atoms with Crippen LogP contribution in [0.15, 0.2) is 12.3 Å². The minimum absolute atomic E-state index is 0.563. The summed E-state index contributed by atoms with van der Waals surface area (Å²) in [5, 5.41) is 17.1. The molecular formula is C13H19N5. The first kappa shape index (κ1) is 12.8. The number of nitriles is 1. The van der Waals surface area contributed by atoms with Gasteiger partial charge in [-0.2, -0.15) is 10.4 Å². The van der Waals surface area contributed by atoms with Gasteiger partial charge in [-0.3, -0.25) is 4.90 Å². The van der Waals surface area contributed by atoms with Crippen molar-refractivity contribution in [1.29, 1.82) is 5.26 Å². The lowest BCUT2D eigenvalue weighted by atomic mass is 10.2. The van der Waals surface area contributed by atoms with E-state index < -0.39 is 0 Å². The van der Waals surface area contributed by atoms with Gasteiger partial charge in [-0.05, 0) is 25.6 Å². The van der Waals surface area contributed by atoms with Gasteiger partial charge in [-0.15, -0.1) is 5.10 Å². The molecule has 5 nitrogen and oxygen atoms in total. The molecule has 1 unspecified atom stereocenters. The van der Waals surface area contributed by atoms with Crippen LogP contribution in [0.1, 0.15) is 25.8 Å². The highest BCUT2D eigenvalue weighted by molar-refractivity contribution is 5.53. The summed E-state index contributed by atoms with van der Waals surface area (Å²) in [5.74, 6) is 0.731. The second-order valence-corrected chi connectivity index (χ2v) is 4.49. The molecule has 1 fully saturated rings. The molecule has 0 bridgehead atoms. The fourth-order valence-corrected chi connectivity index (χ4v) is 2.62. The normalized spacial score (nSPS) is 19.2. The molecule has 0 amide bonds. The maximum atomic E-state index is 9.09. The Morgan fingerprint density at radius 2 is 2.28 bits per heavy atom. The average Bonchev–Trinajstić information content (AvgIpc) is 2.89. The fraction of sp³-hybridized carbons (Fsp3) is 0.615. The Bertz CT molecular complexity index is 435. The molecule has 0 radical (unpaired) electrons. The van der Waals surface area contributed by atoms with Gasteiger partial charge in [-0.1, -0.05) is 13.8 Å². The number of anilines is 1. The molecule has 0 saturated carbocycles. The Morgan fingerprint density at radius 3 is 2.94 bits per heavy atom. The first-order valence-electron chi connectivity index (χ1n) is 6.50. The highest BCUT2D eigenvalue weighted by Crippen LogP contribution is 2.23. The molecular weight excluding hydrogens is 226 g/mol. The molecule has 1 aliphatic rings. The smallest absolute Gasteiger partial charge is 0.169 e. The summed E-state index contributed by atoms with van der Waals surface area (Å²) < 4.78 is 0. The van der Waals surface area contributed by atoms with Crippen LogP contribution in [0.4, 0.5) is 5.82 Å². The van der Waals surface area contributed by atoms with E-state index in [0.717, 1.165) is 38.4 Å². The average molecular weight is 245 g/mol.